The fraction of sp³-hybridized carbons (Fsp3) is 1.00. The third-order valence-corrected chi connectivity index (χ3v) is 0. The molecule has 0 spiro atoms. The van der Waals surface area contributed by atoms with E-state index in [0.717, 1.165) is 0 Å². The Labute approximate surface area is 74.8 Å². The van der Waals surface area contributed by atoms with Crippen LogP contribution >= 0.6 is 24.0 Å². The van der Waals surface area contributed by atoms with E-state index in [4.69, 9.17) is 13.3 Å². The number of hydrogen-bond donors (Lipinski definition) is 1. The summed E-state index contributed by atoms with van der Waals surface area (Å²) in [5, 5.41) is 0. The van der Waals surface area contributed by atoms with Crippen LogP contribution in [0.1, 0.15) is 0 Å². The van der Waals surface area contributed by atoms with Crippen molar-refractivity contribution in [2.75, 3.05) is 21.1 Å². The van der Waals surface area contributed by atoms with Crippen LogP contribution in [-0.4, -0.2) is 39.4 Å². The fourth-order valence-corrected chi connectivity index (χ4v) is 0. The minimum absolute atomic E-state index is 0. The quantitative estimate of drug-likeness (QED) is 0.501. The van der Waals surface area contributed by atoms with Gasteiger partial charge in [0.25, 0.3) is 0 Å². The fourth-order valence-electron chi connectivity index (χ4n) is 0. The van der Waals surface area contributed by atoms with Crippen molar-refractivity contribution in [3.05, 3.63) is 0 Å². The summed E-state index contributed by atoms with van der Waals surface area (Å²) in [6, 6.07) is 0. The van der Waals surface area contributed by atoms with Gasteiger partial charge in [0.05, 0.1) is 11.4 Å². The van der Waals surface area contributed by atoms with Crippen LogP contribution in [0.3, 0.4) is 0 Å². The van der Waals surface area contributed by atoms with Gasteiger partial charge in [-0.15, -0.1) is 24.0 Å². The van der Waals surface area contributed by atoms with Gasteiger partial charge in [0.2, 0.25) is 0 Å². The Morgan fingerprint density at radius 2 is 1.44 bits per heavy atom. The summed E-state index contributed by atoms with van der Waals surface area (Å²) in [7, 11) is 6.00. The molecule has 0 fully saturated rings. The number of hydrogen-bond acceptors (Lipinski definition) is 3. The molecular formula is C3H11INO3S-. The molecule has 0 aromatic heterocycles. The average molecular weight is 268 g/mol. The Bertz CT molecular complexity index is 63.3. The Morgan fingerprint density at radius 1 is 1.44 bits per heavy atom. The van der Waals surface area contributed by atoms with Crippen molar-refractivity contribution >= 4 is 35.3 Å². The van der Waals surface area contributed by atoms with E-state index in [-0.39, 0.29) is 24.0 Å². The maximum Gasteiger partial charge on any atom is 0.0814 e. The Balaban J connectivity index is -0.0000000720. The van der Waals surface area contributed by atoms with E-state index in [1.54, 1.807) is 0 Å². The molecule has 4 nitrogen and oxygen atoms in total. The third-order valence-electron chi connectivity index (χ3n) is 0. The molecule has 0 rings (SSSR count). The first-order valence-electron chi connectivity index (χ1n) is 1.86. The van der Waals surface area contributed by atoms with E-state index in [2.05, 4.69) is 0 Å². The van der Waals surface area contributed by atoms with E-state index in [0.29, 0.717) is 0 Å². The molecule has 0 radical (unpaired) electrons. The number of nitrogens with zero attached hydrogens (tertiary/aromatic N) is 1. The van der Waals surface area contributed by atoms with Crippen molar-refractivity contribution < 1.29 is 13.3 Å². The van der Waals surface area contributed by atoms with Gasteiger partial charge in [-0.1, -0.05) is 0 Å². The lowest BCUT2D eigenvalue weighted by atomic mass is 11.0. The number of rotatable bonds is 0. The molecular weight excluding hydrogens is 257 g/mol. The lowest BCUT2D eigenvalue weighted by Gasteiger charge is -1.90. The van der Waals surface area contributed by atoms with Crippen LogP contribution in [0.25, 0.3) is 0 Å². The molecule has 0 aromatic rings. The molecule has 0 aliphatic carbocycles. The lowest BCUT2D eigenvalue weighted by Crippen LogP contribution is -1.99. The summed E-state index contributed by atoms with van der Waals surface area (Å²) >= 11 is -2.86. The second-order valence-corrected chi connectivity index (χ2v) is 1.99. The summed E-state index contributed by atoms with van der Waals surface area (Å²) in [5.74, 6) is 0. The summed E-state index contributed by atoms with van der Waals surface area (Å²) in [6.45, 7) is 0. The predicted molar refractivity (Wildman–Crippen MR) is 46.6 cm³/mol. The van der Waals surface area contributed by atoms with Crippen LogP contribution in [0.15, 0.2) is 0 Å². The molecule has 6 heteroatoms. The van der Waals surface area contributed by atoms with Gasteiger partial charge in [0.15, 0.2) is 0 Å². The Hall–Kier alpha value is 0.760. The molecule has 0 saturated heterocycles. The van der Waals surface area contributed by atoms with Crippen LogP contribution < -0.4 is 0 Å². The van der Waals surface area contributed by atoms with Crippen molar-refractivity contribution in [3.8, 4) is 0 Å². The normalized spacial score (nSPS) is 10.9. The van der Waals surface area contributed by atoms with Crippen LogP contribution in [0.4, 0.5) is 0 Å². The van der Waals surface area contributed by atoms with Gasteiger partial charge in [-0.25, -0.2) is 4.21 Å². The molecule has 1 unspecified atom stereocenters. The van der Waals surface area contributed by atoms with Crippen molar-refractivity contribution in [1.29, 1.82) is 0 Å². The minimum Gasteiger partial charge on any atom is -0.750 e. The van der Waals surface area contributed by atoms with E-state index < -0.39 is 11.4 Å². The summed E-state index contributed by atoms with van der Waals surface area (Å²) in [6.07, 6.45) is 0. The number of halogens is 1. The van der Waals surface area contributed by atoms with E-state index >= 15 is 0 Å². The highest BCUT2D eigenvalue weighted by Gasteiger charge is 1.58. The molecule has 1 atom stereocenters. The highest BCUT2D eigenvalue weighted by Crippen LogP contribution is 1.47. The molecule has 9 heavy (non-hydrogen) atoms. The summed E-state index contributed by atoms with van der Waals surface area (Å²) < 4.78 is 24.1. The van der Waals surface area contributed by atoms with Crippen molar-refractivity contribution in [3.63, 3.8) is 0 Å². The average Bonchev–Trinajstić information content (AvgIpc) is 1.25. The third kappa shape index (κ3) is 693. The van der Waals surface area contributed by atoms with Gasteiger partial charge < -0.3 is 14.0 Å². The smallest absolute Gasteiger partial charge is 0.0814 e. The van der Waals surface area contributed by atoms with Gasteiger partial charge in [-0.2, -0.15) is 0 Å². The lowest BCUT2D eigenvalue weighted by molar-refractivity contribution is 0.436. The largest absolute Gasteiger partial charge is 0.750 e. The van der Waals surface area contributed by atoms with E-state index in [9.17, 15) is 0 Å². The van der Waals surface area contributed by atoms with Crippen LogP contribution in [-0.2, 0) is 11.4 Å². The minimum atomic E-state index is -2.86. The van der Waals surface area contributed by atoms with Gasteiger partial charge >= 0.3 is 0 Å². The summed E-state index contributed by atoms with van der Waals surface area (Å²) in [4.78, 5) is 2.00. The molecule has 0 bridgehead atoms. The topological polar surface area (TPSA) is 63.6 Å². The maximum absolute atomic E-state index is 8.56. The first-order chi connectivity index (χ1) is 3.46. The second-order valence-electron chi connectivity index (χ2n) is 1.56. The Morgan fingerprint density at radius 3 is 1.44 bits per heavy atom. The first kappa shape index (κ1) is 16.4. The molecule has 0 heterocycles. The second kappa shape index (κ2) is 11.5. The predicted octanol–water partition coefficient (Wildman–Crippen LogP) is 0.134. The van der Waals surface area contributed by atoms with Crippen molar-refractivity contribution in [2.24, 2.45) is 0 Å². The van der Waals surface area contributed by atoms with Gasteiger partial charge in [-0.3, -0.25) is 0 Å². The zero-order chi connectivity index (χ0) is 7.15. The van der Waals surface area contributed by atoms with Crippen LogP contribution in [0, 0.1) is 0 Å². The van der Waals surface area contributed by atoms with Gasteiger partial charge in [0, 0.05) is 0 Å². The molecule has 60 valence electrons. The zero-order valence-corrected chi connectivity index (χ0v) is 8.67. The molecule has 0 amide bonds. The van der Waals surface area contributed by atoms with Gasteiger partial charge in [-0.05, 0) is 21.1 Å². The summed E-state index contributed by atoms with van der Waals surface area (Å²) in [5.41, 5.74) is 0. The first-order valence-corrected chi connectivity index (χ1v) is 2.89. The standard InChI is InChI=1S/C3H9N.HI.H2O3S/c1-4(2)3;;1-4(2)3/h1-3H3;1H;(H2,1,2,3)/p-1. The highest BCUT2D eigenvalue weighted by molar-refractivity contribution is 14.0. The molecule has 0 aliphatic rings. The SMILES string of the molecule is CN(C)C.I.O=S([O-])O. The monoisotopic (exact) mass is 268 g/mol. The zero-order valence-electron chi connectivity index (χ0n) is 5.53. The van der Waals surface area contributed by atoms with Gasteiger partial charge in [0.1, 0.15) is 0 Å². The van der Waals surface area contributed by atoms with E-state index in [1.165, 1.54) is 0 Å². The molecule has 0 aromatic carbocycles. The molecule has 0 aliphatic heterocycles. The molecule has 0 saturated carbocycles. The Kier molecular flexibility index (Phi) is 21.0. The van der Waals surface area contributed by atoms with Crippen LogP contribution in [0.5, 0.6) is 0 Å². The van der Waals surface area contributed by atoms with Crippen LogP contribution in [0.2, 0.25) is 0 Å². The maximum atomic E-state index is 8.56. The highest BCUT2D eigenvalue weighted by atomic mass is 127. The molecule has 1 N–H and O–H groups in total. The van der Waals surface area contributed by atoms with Crippen molar-refractivity contribution in [2.45, 2.75) is 0 Å². The van der Waals surface area contributed by atoms with E-state index in [1.807, 2.05) is 26.0 Å². The van der Waals surface area contributed by atoms with Crippen molar-refractivity contribution in [1.82, 2.24) is 4.90 Å².